The number of hydrogen-bond donors (Lipinski definition) is 1. The van der Waals surface area contributed by atoms with E-state index in [1.54, 1.807) is 0 Å². The lowest BCUT2D eigenvalue weighted by atomic mass is 10.2. The molecule has 3 heteroatoms. The second-order valence-electron chi connectivity index (χ2n) is 3.95. The molecule has 1 fully saturated rings. The molecule has 0 radical (unpaired) electrons. The Labute approximate surface area is 96.0 Å². The molecule has 0 atom stereocenters. The Hall–Kier alpha value is -0.510. The number of nitrogens with zero attached hydrogens (tertiary/aromatic N) is 1. The molecule has 1 N–H and O–H groups in total. The van der Waals surface area contributed by atoms with Crippen LogP contribution in [0.1, 0.15) is 5.56 Å². The van der Waals surface area contributed by atoms with Crippen LogP contribution in [0.2, 0.25) is 0 Å². The highest BCUT2D eigenvalue weighted by molar-refractivity contribution is 7.99. The number of piperazine rings is 1. The Morgan fingerprint density at radius 2 is 1.87 bits per heavy atom. The van der Waals surface area contributed by atoms with Crippen molar-refractivity contribution in [2.45, 2.75) is 11.8 Å². The van der Waals surface area contributed by atoms with Gasteiger partial charge in [0.2, 0.25) is 0 Å². The molecule has 15 heavy (non-hydrogen) atoms. The standard InChI is InChI=1S/C12H18N2S/c1-11-2-4-12(5-3-11)15-10-14-8-6-13-7-9-14/h2-5,13H,6-10H2,1H3. The second kappa shape index (κ2) is 5.54. The molecule has 1 aliphatic heterocycles. The van der Waals surface area contributed by atoms with Gasteiger partial charge in [0.05, 0.1) is 0 Å². The van der Waals surface area contributed by atoms with Gasteiger partial charge < -0.3 is 5.32 Å². The van der Waals surface area contributed by atoms with Crippen LogP contribution in [0.4, 0.5) is 0 Å². The summed E-state index contributed by atoms with van der Waals surface area (Å²) in [7, 11) is 0. The molecule has 0 amide bonds. The third kappa shape index (κ3) is 3.52. The maximum Gasteiger partial charge on any atom is 0.0492 e. The van der Waals surface area contributed by atoms with Crippen LogP contribution in [0, 0.1) is 6.92 Å². The minimum absolute atomic E-state index is 1.12. The Morgan fingerprint density at radius 1 is 1.20 bits per heavy atom. The lowest BCUT2D eigenvalue weighted by Gasteiger charge is -2.26. The average Bonchev–Trinajstić information content (AvgIpc) is 2.30. The van der Waals surface area contributed by atoms with Gasteiger partial charge in [0, 0.05) is 37.0 Å². The number of nitrogens with one attached hydrogen (secondary N) is 1. The van der Waals surface area contributed by atoms with Gasteiger partial charge in [0.1, 0.15) is 0 Å². The zero-order valence-corrected chi connectivity index (χ0v) is 10.0. The van der Waals surface area contributed by atoms with Crippen molar-refractivity contribution in [3.8, 4) is 0 Å². The number of hydrogen-bond acceptors (Lipinski definition) is 3. The molecule has 0 bridgehead atoms. The van der Waals surface area contributed by atoms with Crippen LogP contribution in [0.5, 0.6) is 0 Å². The summed E-state index contributed by atoms with van der Waals surface area (Å²) in [6, 6.07) is 8.78. The van der Waals surface area contributed by atoms with E-state index in [4.69, 9.17) is 0 Å². The first-order valence-corrected chi connectivity index (χ1v) is 6.46. The summed E-state index contributed by atoms with van der Waals surface area (Å²) in [6.45, 7) is 6.76. The third-order valence-electron chi connectivity index (χ3n) is 2.64. The summed E-state index contributed by atoms with van der Waals surface area (Å²) in [5.74, 6) is 1.12. The van der Waals surface area contributed by atoms with Gasteiger partial charge >= 0.3 is 0 Å². The number of aryl methyl sites for hydroxylation is 1. The van der Waals surface area contributed by atoms with E-state index in [1.807, 2.05) is 11.8 Å². The monoisotopic (exact) mass is 222 g/mol. The van der Waals surface area contributed by atoms with E-state index in [-0.39, 0.29) is 0 Å². The summed E-state index contributed by atoms with van der Waals surface area (Å²) in [5, 5.41) is 3.37. The summed E-state index contributed by atoms with van der Waals surface area (Å²) in [4.78, 5) is 3.88. The maximum absolute atomic E-state index is 3.37. The molecule has 0 aliphatic carbocycles. The van der Waals surface area contributed by atoms with E-state index in [0.717, 1.165) is 19.0 Å². The van der Waals surface area contributed by atoms with Gasteiger partial charge in [-0.25, -0.2) is 0 Å². The molecule has 2 nitrogen and oxygen atoms in total. The van der Waals surface area contributed by atoms with E-state index >= 15 is 0 Å². The van der Waals surface area contributed by atoms with Crippen molar-refractivity contribution in [3.05, 3.63) is 29.8 Å². The first-order chi connectivity index (χ1) is 7.34. The predicted molar refractivity (Wildman–Crippen MR) is 66.3 cm³/mol. The number of rotatable bonds is 3. The Kier molecular flexibility index (Phi) is 4.06. The fraction of sp³-hybridized carbons (Fsp3) is 0.500. The van der Waals surface area contributed by atoms with Gasteiger partial charge in [-0.3, -0.25) is 4.90 Å². The van der Waals surface area contributed by atoms with Gasteiger partial charge in [-0.15, -0.1) is 11.8 Å². The largest absolute Gasteiger partial charge is 0.314 e. The molecule has 0 saturated carbocycles. The van der Waals surface area contributed by atoms with Gasteiger partial charge in [-0.05, 0) is 19.1 Å². The van der Waals surface area contributed by atoms with Crippen LogP contribution in [0.25, 0.3) is 0 Å². The SMILES string of the molecule is Cc1ccc(SCN2CCNCC2)cc1. The van der Waals surface area contributed by atoms with Gasteiger partial charge in [0.15, 0.2) is 0 Å². The van der Waals surface area contributed by atoms with Crippen molar-refractivity contribution in [2.24, 2.45) is 0 Å². The summed E-state index contributed by atoms with van der Waals surface area (Å²) in [6.07, 6.45) is 0. The van der Waals surface area contributed by atoms with Gasteiger partial charge in [0.25, 0.3) is 0 Å². The lowest BCUT2D eigenvalue weighted by Crippen LogP contribution is -2.43. The van der Waals surface area contributed by atoms with Crippen molar-refractivity contribution >= 4 is 11.8 Å². The van der Waals surface area contributed by atoms with Gasteiger partial charge in [-0.2, -0.15) is 0 Å². The molecule has 1 heterocycles. The lowest BCUT2D eigenvalue weighted by molar-refractivity contribution is 0.280. The molecule has 2 rings (SSSR count). The molecule has 0 spiro atoms. The van der Waals surface area contributed by atoms with Crippen molar-refractivity contribution in [1.82, 2.24) is 10.2 Å². The van der Waals surface area contributed by atoms with E-state index in [2.05, 4.69) is 41.4 Å². The second-order valence-corrected chi connectivity index (χ2v) is 4.97. The highest BCUT2D eigenvalue weighted by Gasteiger charge is 2.08. The average molecular weight is 222 g/mol. The molecule has 0 unspecified atom stereocenters. The summed E-state index contributed by atoms with van der Waals surface area (Å²) >= 11 is 1.93. The topological polar surface area (TPSA) is 15.3 Å². The molecule has 1 aromatic carbocycles. The quantitative estimate of drug-likeness (QED) is 0.787. The summed E-state index contributed by atoms with van der Waals surface area (Å²) < 4.78 is 0. The molecule has 0 aromatic heterocycles. The zero-order valence-electron chi connectivity index (χ0n) is 9.20. The van der Waals surface area contributed by atoms with Crippen LogP contribution < -0.4 is 5.32 Å². The zero-order chi connectivity index (χ0) is 10.5. The highest BCUT2D eigenvalue weighted by Crippen LogP contribution is 2.19. The van der Waals surface area contributed by atoms with Crippen molar-refractivity contribution in [1.29, 1.82) is 0 Å². The van der Waals surface area contributed by atoms with Crippen molar-refractivity contribution in [3.63, 3.8) is 0 Å². The number of thioether (sulfide) groups is 1. The Bertz CT molecular complexity index is 291. The minimum atomic E-state index is 1.12. The fourth-order valence-corrected chi connectivity index (χ4v) is 2.56. The maximum atomic E-state index is 3.37. The molecular formula is C12H18N2S. The number of benzene rings is 1. The molecule has 82 valence electrons. The van der Waals surface area contributed by atoms with Crippen LogP contribution in [-0.4, -0.2) is 37.0 Å². The first-order valence-electron chi connectivity index (χ1n) is 5.47. The third-order valence-corrected chi connectivity index (χ3v) is 3.74. The smallest absolute Gasteiger partial charge is 0.0492 e. The van der Waals surface area contributed by atoms with Crippen LogP contribution >= 0.6 is 11.8 Å². The van der Waals surface area contributed by atoms with Crippen LogP contribution in [0.15, 0.2) is 29.2 Å². The minimum Gasteiger partial charge on any atom is -0.314 e. The molecule has 1 aliphatic rings. The Balaban J connectivity index is 1.79. The molecular weight excluding hydrogens is 204 g/mol. The summed E-state index contributed by atoms with van der Waals surface area (Å²) in [5.41, 5.74) is 1.33. The Morgan fingerprint density at radius 3 is 2.53 bits per heavy atom. The molecule has 1 aromatic rings. The van der Waals surface area contributed by atoms with Crippen molar-refractivity contribution in [2.75, 3.05) is 32.1 Å². The van der Waals surface area contributed by atoms with E-state index < -0.39 is 0 Å². The van der Waals surface area contributed by atoms with Gasteiger partial charge in [-0.1, -0.05) is 17.7 Å². The first kappa shape index (κ1) is 11.0. The van der Waals surface area contributed by atoms with E-state index in [0.29, 0.717) is 0 Å². The van der Waals surface area contributed by atoms with Crippen LogP contribution in [-0.2, 0) is 0 Å². The fourth-order valence-electron chi connectivity index (χ4n) is 1.64. The normalized spacial score (nSPS) is 17.9. The van der Waals surface area contributed by atoms with E-state index in [9.17, 15) is 0 Å². The van der Waals surface area contributed by atoms with E-state index in [1.165, 1.54) is 23.5 Å². The van der Waals surface area contributed by atoms with Crippen molar-refractivity contribution < 1.29 is 0 Å². The predicted octanol–water partition coefficient (Wildman–Crippen LogP) is 1.95. The van der Waals surface area contributed by atoms with Crippen LogP contribution in [0.3, 0.4) is 0 Å². The molecule has 1 saturated heterocycles. The highest BCUT2D eigenvalue weighted by atomic mass is 32.2.